The second-order valence-corrected chi connectivity index (χ2v) is 6.13. The number of pyridine rings is 1. The smallest absolute Gasteiger partial charge is 0.293 e. The number of carbonyl (C=O) groups is 2. The Hall–Kier alpha value is -2.68. The van der Waals surface area contributed by atoms with Crippen molar-refractivity contribution in [1.29, 1.82) is 0 Å². The van der Waals surface area contributed by atoms with E-state index in [0.29, 0.717) is 11.2 Å². The van der Waals surface area contributed by atoms with Gasteiger partial charge in [0, 0.05) is 19.5 Å². The Labute approximate surface area is 149 Å². The standard InChI is InChI=1S/C17H21F2N5O2/c1-10(9-23-11(2)8-15(22-23)17(18,19)20)21-16-7-5-6-14(12(3)25)24(16)13(4)26/h5-8,10H,9,20H2,1-4H3/b21-16-/t10-/m0/s1. The third kappa shape index (κ3) is 4.29. The Morgan fingerprint density at radius 1 is 1.35 bits per heavy atom. The van der Waals surface area contributed by atoms with Gasteiger partial charge in [-0.05, 0) is 32.0 Å². The summed E-state index contributed by atoms with van der Waals surface area (Å²) in [5.41, 5.74) is 5.33. The molecule has 0 aromatic carbocycles. The zero-order valence-corrected chi connectivity index (χ0v) is 15.0. The summed E-state index contributed by atoms with van der Waals surface area (Å²) in [5.74, 6) is -0.607. The van der Waals surface area contributed by atoms with Crippen molar-refractivity contribution in [3.05, 3.63) is 46.8 Å². The molecule has 26 heavy (non-hydrogen) atoms. The van der Waals surface area contributed by atoms with Gasteiger partial charge in [0.2, 0.25) is 5.91 Å². The van der Waals surface area contributed by atoms with Gasteiger partial charge in [-0.15, -0.1) is 0 Å². The van der Waals surface area contributed by atoms with E-state index in [2.05, 4.69) is 10.1 Å². The molecule has 2 aromatic heterocycles. The molecule has 0 aliphatic carbocycles. The largest absolute Gasteiger partial charge is 0.345 e. The van der Waals surface area contributed by atoms with E-state index < -0.39 is 11.7 Å². The van der Waals surface area contributed by atoms with Crippen LogP contribution >= 0.6 is 0 Å². The molecule has 2 rings (SSSR count). The van der Waals surface area contributed by atoms with Gasteiger partial charge < -0.3 is 0 Å². The summed E-state index contributed by atoms with van der Waals surface area (Å²) >= 11 is 0. The van der Waals surface area contributed by atoms with E-state index >= 15 is 0 Å². The highest BCUT2D eigenvalue weighted by atomic mass is 19.3. The van der Waals surface area contributed by atoms with Crippen molar-refractivity contribution < 1.29 is 18.4 Å². The van der Waals surface area contributed by atoms with Crippen LogP contribution in [0.3, 0.4) is 0 Å². The molecule has 0 aliphatic rings. The normalized spacial score (nSPS) is 13.7. The van der Waals surface area contributed by atoms with Crippen molar-refractivity contribution in [2.24, 2.45) is 10.7 Å². The lowest BCUT2D eigenvalue weighted by molar-refractivity contribution is -0.00232. The first-order chi connectivity index (χ1) is 12.0. The minimum Gasteiger partial charge on any atom is -0.293 e. The van der Waals surface area contributed by atoms with E-state index in [1.165, 1.54) is 29.2 Å². The van der Waals surface area contributed by atoms with Crippen LogP contribution < -0.4 is 11.2 Å². The summed E-state index contributed by atoms with van der Waals surface area (Å²) in [6, 6.07) is 2.11. The fourth-order valence-corrected chi connectivity index (χ4v) is 2.58. The summed E-state index contributed by atoms with van der Waals surface area (Å²) in [7, 11) is 0. The first-order valence-electron chi connectivity index (χ1n) is 8.00. The van der Waals surface area contributed by atoms with Crippen LogP contribution in [0.5, 0.6) is 0 Å². The van der Waals surface area contributed by atoms with Crippen LogP contribution in [-0.2, 0) is 12.6 Å². The molecule has 9 heteroatoms. The Morgan fingerprint density at radius 3 is 2.50 bits per heavy atom. The summed E-state index contributed by atoms with van der Waals surface area (Å²) in [6.45, 7) is 6.31. The highest BCUT2D eigenvalue weighted by Gasteiger charge is 2.29. The van der Waals surface area contributed by atoms with Gasteiger partial charge in [-0.3, -0.25) is 29.6 Å². The van der Waals surface area contributed by atoms with Gasteiger partial charge in [0.25, 0.3) is 0 Å². The molecule has 0 bridgehead atoms. The number of alkyl halides is 2. The van der Waals surface area contributed by atoms with Crippen LogP contribution in [-0.4, -0.2) is 32.1 Å². The van der Waals surface area contributed by atoms with E-state index in [4.69, 9.17) is 5.73 Å². The van der Waals surface area contributed by atoms with E-state index in [1.54, 1.807) is 32.0 Å². The number of aromatic nitrogens is 3. The predicted molar refractivity (Wildman–Crippen MR) is 90.8 cm³/mol. The molecule has 0 spiro atoms. The second-order valence-electron chi connectivity index (χ2n) is 6.13. The summed E-state index contributed by atoms with van der Waals surface area (Å²) in [6.07, 6.45) is 0. The summed E-state index contributed by atoms with van der Waals surface area (Å²) in [4.78, 5) is 28.1. The van der Waals surface area contributed by atoms with Crippen LogP contribution in [0.15, 0.2) is 29.3 Å². The first-order valence-corrected chi connectivity index (χ1v) is 8.00. The van der Waals surface area contributed by atoms with Gasteiger partial charge in [-0.1, -0.05) is 6.07 Å². The van der Waals surface area contributed by atoms with Crippen LogP contribution in [0.1, 0.15) is 47.4 Å². The SMILES string of the molecule is CC(=O)c1ccc/c(=N/[C@@H](C)Cn2nc(C(N)(F)F)cc2C)n1C(C)=O. The number of nitrogens with two attached hydrogens (primary N) is 1. The Morgan fingerprint density at radius 2 is 2.00 bits per heavy atom. The molecule has 140 valence electrons. The van der Waals surface area contributed by atoms with E-state index in [1.807, 2.05) is 0 Å². The molecule has 0 saturated heterocycles. The maximum atomic E-state index is 13.2. The van der Waals surface area contributed by atoms with Crippen molar-refractivity contribution in [1.82, 2.24) is 14.3 Å². The number of hydrogen-bond acceptors (Lipinski definition) is 5. The average Bonchev–Trinajstić information content (AvgIpc) is 2.87. The average molecular weight is 365 g/mol. The van der Waals surface area contributed by atoms with E-state index in [0.717, 1.165) is 0 Å². The van der Waals surface area contributed by atoms with Crippen LogP contribution in [0.2, 0.25) is 0 Å². The van der Waals surface area contributed by atoms with Crippen molar-refractivity contribution in [2.75, 3.05) is 0 Å². The van der Waals surface area contributed by atoms with Gasteiger partial charge in [-0.25, -0.2) is 0 Å². The lowest BCUT2D eigenvalue weighted by atomic mass is 10.2. The van der Waals surface area contributed by atoms with Crippen LogP contribution in [0.25, 0.3) is 0 Å². The lowest BCUT2D eigenvalue weighted by Crippen LogP contribution is -2.31. The number of rotatable bonds is 5. The minimum atomic E-state index is -3.51. The Balaban J connectivity index is 2.40. The molecule has 1 atom stereocenters. The molecule has 0 fully saturated rings. The number of halogens is 2. The first kappa shape index (κ1) is 19.6. The quantitative estimate of drug-likeness (QED) is 0.646. The molecule has 0 unspecified atom stereocenters. The topological polar surface area (TPSA) is 95.3 Å². The third-order valence-corrected chi connectivity index (χ3v) is 3.76. The highest BCUT2D eigenvalue weighted by molar-refractivity contribution is 5.96. The zero-order chi connectivity index (χ0) is 19.6. The molecule has 0 radical (unpaired) electrons. The molecule has 2 aromatic rings. The molecule has 0 saturated carbocycles. The van der Waals surface area contributed by atoms with Gasteiger partial charge in [-0.2, -0.15) is 13.9 Å². The van der Waals surface area contributed by atoms with Gasteiger partial charge in [0.05, 0.1) is 18.3 Å². The van der Waals surface area contributed by atoms with Crippen molar-refractivity contribution in [3.63, 3.8) is 0 Å². The van der Waals surface area contributed by atoms with Gasteiger partial charge in [0.1, 0.15) is 11.2 Å². The molecular formula is C17H21F2N5O2. The minimum absolute atomic E-state index is 0.212. The molecule has 2 heterocycles. The number of Topliss-reactive ketones (excluding diaryl/α,β-unsaturated/α-hetero) is 1. The maximum Gasteiger partial charge on any atom is 0.345 e. The number of nitrogens with zero attached hydrogens (tertiary/aromatic N) is 4. The Bertz CT molecular complexity index is 909. The number of ketones is 1. The molecule has 0 amide bonds. The molecule has 0 aliphatic heterocycles. The molecular weight excluding hydrogens is 344 g/mol. The number of carbonyl (C=O) groups excluding carboxylic acids is 2. The van der Waals surface area contributed by atoms with Gasteiger partial charge >= 0.3 is 6.05 Å². The lowest BCUT2D eigenvalue weighted by Gasteiger charge is -2.12. The van der Waals surface area contributed by atoms with Crippen molar-refractivity contribution >= 4 is 11.7 Å². The predicted octanol–water partition coefficient (Wildman–Crippen LogP) is 1.85. The number of aryl methyl sites for hydroxylation is 1. The fraction of sp³-hybridized carbons (Fsp3) is 0.412. The van der Waals surface area contributed by atoms with E-state index in [-0.39, 0.29) is 30.0 Å². The Kier molecular flexibility index (Phi) is 5.50. The zero-order valence-electron chi connectivity index (χ0n) is 15.0. The van der Waals surface area contributed by atoms with Crippen molar-refractivity contribution in [2.45, 2.75) is 46.3 Å². The van der Waals surface area contributed by atoms with Crippen molar-refractivity contribution in [3.8, 4) is 0 Å². The second kappa shape index (κ2) is 7.28. The third-order valence-electron chi connectivity index (χ3n) is 3.76. The van der Waals surface area contributed by atoms with Crippen LogP contribution in [0, 0.1) is 6.92 Å². The molecule has 7 nitrogen and oxygen atoms in total. The fourth-order valence-electron chi connectivity index (χ4n) is 2.58. The van der Waals surface area contributed by atoms with Gasteiger partial charge in [0.15, 0.2) is 5.78 Å². The monoisotopic (exact) mass is 365 g/mol. The summed E-state index contributed by atoms with van der Waals surface area (Å²) in [5, 5.41) is 3.82. The highest BCUT2D eigenvalue weighted by Crippen LogP contribution is 2.20. The summed E-state index contributed by atoms with van der Waals surface area (Å²) < 4.78 is 29.0. The van der Waals surface area contributed by atoms with Crippen LogP contribution in [0.4, 0.5) is 8.78 Å². The molecule has 2 N–H and O–H groups in total. The van der Waals surface area contributed by atoms with E-state index in [9.17, 15) is 18.4 Å². The number of hydrogen-bond donors (Lipinski definition) is 1. The maximum absolute atomic E-state index is 13.2.